The highest BCUT2D eigenvalue weighted by atomic mass is 31.2. The van der Waals surface area contributed by atoms with Crippen LogP contribution in [0, 0.1) is 23.2 Å². The molecule has 0 aliphatic heterocycles. The van der Waals surface area contributed by atoms with Crippen molar-refractivity contribution < 1.29 is 23.8 Å². The van der Waals surface area contributed by atoms with E-state index < -0.39 is 7.60 Å². The summed E-state index contributed by atoms with van der Waals surface area (Å²) in [6.45, 7) is 0.826. The fourth-order valence-corrected chi connectivity index (χ4v) is 5.95. The van der Waals surface area contributed by atoms with Gasteiger partial charge >= 0.3 is 7.60 Å². The molecule has 4 bridgehead atoms. The fraction of sp³-hybridized carbons (Fsp3) is 0.684. The molecule has 138 valence electrons. The van der Waals surface area contributed by atoms with Crippen molar-refractivity contribution in [2.24, 2.45) is 23.2 Å². The highest BCUT2D eigenvalue weighted by Crippen LogP contribution is 2.60. The Balaban J connectivity index is 1.29. The van der Waals surface area contributed by atoms with E-state index in [2.05, 4.69) is 0 Å². The van der Waals surface area contributed by atoms with Gasteiger partial charge in [0.2, 0.25) is 0 Å². The lowest BCUT2D eigenvalue weighted by Gasteiger charge is -2.56. The van der Waals surface area contributed by atoms with Gasteiger partial charge in [-0.3, -0.25) is 4.57 Å². The van der Waals surface area contributed by atoms with Gasteiger partial charge in [0.1, 0.15) is 11.5 Å². The summed E-state index contributed by atoms with van der Waals surface area (Å²) in [4.78, 5) is 17.7. The first-order valence-corrected chi connectivity index (χ1v) is 11.1. The molecule has 0 spiro atoms. The van der Waals surface area contributed by atoms with Crippen LogP contribution in [0.3, 0.4) is 0 Å². The minimum absolute atomic E-state index is 0.0117. The summed E-state index contributed by atoms with van der Waals surface area (Å²) < 4.78 is 22.3. The minimum atomic E-state index is -4.00. The Bertz CT molecular complexity index is 615. The van der Waals surface area contributed by atoms with E-state index in [1.54, 1.807) is 12.1 Å². The second kappa shape index (κ2) is 6.61. The summed E-state index contributed by atoms with van der Waals surface area (Å²) >= 11 is 0. The summed E-state index contributed by atoms with van der Waals surface area (Å²) in [5.41, 5.74) is 0.396. The molecule has 4 aliphatic carbocycles. The minimum Gasteiger partial charge on any atom is -0.493 e. The van der Waals surface area contributed by atoms with Crippen LogP contribution in [0.2, 0.25) is 0 Å². The van der Waals surface area contributed by atoms with E-state index in [1.165, 1.54) is 38.5 Å². The summed E-state index contributed by atoms with van der Waals surface area (Å²) in [7, 11) is -4.00. The highest BCUT2D eigenvalue weighted by molar-refractivity contribution is 7.51. The second-order valence-electron chi connectivity index (χ2n) is 8.41. The van der Waals surface area contributed by atoms with Gasteiger partial charge in [-0.2, -0.15) is 0 Å². The molecule has 2 N–H and O–H groups in total. The van der Waals surface area contributed by atoms with Crippen LogP contribution in [0.5, 0.6) is 11.5 Å². The molecule has 1 aromatic rings. The summed E-state index contributed by atoms with van der Waals surface area (Å²) in [6.07, 6.45) is 8.07. The highest BCUT2D eigenvalue weighted by Gasteiger charge is 2.51. The first kappa shape index (κ1) is 17.4. The van der Waals surface area contributed by atoms with E-state index in [-0.39, 0.29) is 12.8 Å². The number of hydrogen-bond donors (Lipinski definition) is 2. The van der Waals surface area contributed by atoms with Crippen molar-refractivity contribution in [3.05, 3.63) is 24.3 Å². The lowest BCUT2D eigenvalue weighted by Crippen LogP contribution is -2.48. The average Bonchev–Trinajstić information content (AvgIpc) is 2.52. The predicted octanol–water partition coefficient (Wildman–Crippen LogP) is 3.84. The van der Waals surface area contributed by atoms with Gasteiger partial charge in [-0.25, -0.2) is 0 Å². The maximum Gasteiger partial charge on any atom is 0.328 e. The van der Waals surface area contributed by atoms with E-state index >= 15 is 0 Å². The van der Waals surface area contributed by atoms with Gasteiger partial charge in [-0.15, -0.1) is 0 Å². The molecule has 6 heteroatoms. The predicted molar refractivity (Wildman–Crippen MR) is 94.9 cm³/mol. The van der Waals surface area contributed by atoms with E-state index in [0.717, 1.165) is 30.1 Å². The monoisotopic (exact) mass is 366 g/mol. The van der Waals surface area contributed by atoms with Gasteiger partial charge in [0.25, 0.3) is 0 Å². The molecule has 0 radical (unpaired) electrons. The third kappa shape index (κ3) is 4.21. The smallest absolute Gasteiger partial charge is 0.328 e. The Hall–Kier alpha value is -1.03. The molecule has 5 nitrogen and oxygen atoms in total. The third-order valence-electron chi connectivity index (χ3n) is 6.19. The van der Waals surface area contributed by atoms with E-state index in [1.807, 2.05) is 12.1 Å². The van der Waals surface area contributed by atoms with Crippen LogP contribution in [0.25, 0.3) is 0 Å². The molecule has 4 fully saturated rings. The lowest BCUT2D eigenvalue weighted by atomic mass is 9.50. The zero-order valence-electron chi connectivity index (χ0n) is 14.5. The number of rotatable bonds is 7. The van der Waals surface area contributed by atoms with Gasteiger partial charge in [-0.05, 0) is 80.5 Å². The molecular formula is C19H27O5P. The van der Waals surface area contributed by atoms with Crippen molar-refractivity contribution in [2.75, 3.05) is 19.4 Å². The Kier molecular flexibility index (Phi) is 4.59. The number of ether oxygens (including phenoxy) is 2. The molecular weight excluding hydrogens is 339 g/mol. The zero-order valence-corrected chi connectivity index (χ0v) is 15.4. The van der Waals surface area contributed by atoms with E-state index in [0.29, 0.717) is 11.2 Å². The average molecular weight is 366 g/mol. The van der Waals surface area contributed by atoms with Crippen molar-refractivity contribution in [2.45, 2.75) is 38.5 Å². The number of hydrogen-bond acceptors (Lipinski definition) is 3. The molecule has 0 amide bonds. The van der Waals surface area contributed by atoms with E-state index in [4.69, 9.17) is 19.3 Å². The SMILES string of the molecule is O=P(O)(O)CCOc1ccc(OC[C@]23CC4C[C@H](C[C@@H](C4)C2)C3)cc1. The van der Waals surface area contributed by atoms with Crippen LogP contribution in [-0.2, 0) is 4.57 Å². The van der Waals surface area contributed by atoms with Gasteiger partial charge in [0, 0.05) is 5.41 Å². The van der Waals surface area contributed by atoms with Crippen LogP contribution < -0.4 is 9.47 Å². The molecule has 0 unspecified atom stereocenters. The molecule has 4 saturated carbocycles. The Morgan fingerprint density at radius 2 is 1.40 bits per heavy atom. The maximum absolute atomic E-state index is 10.8. The van der Waals surface area contributed by atoms with Crippen molar-refractivity contribution in [1.82, 2.24) is 0 Å². The fourth-order valence-electron chi connectivity index (χ4n) is 5.62. The van der Waals surface area contributed by atoms with Crippen LogP contribution in [-0.4, -0.2) is 29.2 Å². The largest absolute Gasteiger partial charge is 0.493 e. The van der Waals surface area contributed by atoms with Crippen LogP contribution in [0.15, 0.2) is 24.3 Å². The van der Waals surface area contributed by atoms with Gasteiger partial charge in [-0.1, -0.05) is 0 Å². The quantitative estimate of drug-likeness (QED) is 0.717. The molecule has 4 aliphatic rings. The topological polar surface area (TPSA) is 76.0 Å². The van der Waals surface area contributed by atoms with Crippen molar-refractivity contribution >= 4 is 7.60 Å². The van der Waals surface area contributed by atoms with Crippen LogP contribution in [0.4, 0.5) is 0 Å². The first-order chi connectivity index (χ1) is 11.9. The Morgan fingerprint density at radius 3 is 1.88 bits per heavy atom. The molecule has 0 saturated heterocycles. The molecule has 0 heterocycles. The summed E-state index contributed by atoms with van der Waals surface area (Å²) in [5, 5.41) is 0. The Morgan fingerprint density at radius 1 is 0.920 bits per heavy atom. The summed E-state index contributed by atoms with van der Waals surface area (Å²) in [5.74, 6) is 4.24. The van der Waals surface area contributed by atoms with Gasteiger partial charge < -0.3 is 19.3 Å². The van der Waals surface area contributed by atoms with Crippen molar-refractivity contribution in [1.29, 1.82) is 0 Å². The standard InChI is InChI=1S/C19H27O5P/c20-25(21,22)6-5-23-17-1-3-18(4-2-17)24-13-19-10-14-7-15(11-19)9-16(8-14)12-19/h1-4,14-16H,5-13H2,(H2,20,21,22)/t14-,15-,16?,19-/m0/s1. The molecule has 5 rings (SSSR count). The molecule has 25 heavy (non-hydrogen) atoms. The van der Waals surface area contributed by atoms with E-state index in [9.17, 15) is 4.57 Å². The van der Waals surface area contributed by atoms with Crippen molar-refractivity contribution in [3.8, 4) is 11.5 Å². The molecule has 0 atom stereocenters. The maximum atomic E-state index is 10.8. The normalized spacial score (nSPS) is 33.4. The Labute approximate surface area is 148 Å². The lowest BCUT2D eigenvalue weighted by molar-refractivity contribution is -0.0745. The van der Waals surface area contributed by atoms with Crippen LogP contribution in [0.1, 0.15) is 38.5 Å². The molecule has 0 aromatic heterocycles. The van der Waals surface area contributed by atoms with Gasteiger partial charge in [0.05, 0.1) is 19.4 Å². The second-order valence-corrected chi connectivity index (χ2v) is 10.2. The number of benzene rings is 1. The van der Waals surface area contributed by atoms with Crippen molar-refractivity contribution in [3.63, 3.8) is 0 Å². The molecule has 1 aromatic carbocycles. The van der Waals surface area contributed by atoms with Crippen LogP contribution >= 0.6 is 7.60 Å². The summed E-state index contributed by atoms with van der Waals surface area (Å²) in [6, 6.07) is 7.37. The zero-order chi connectivity index (χ0) is 17.5. The third-order valence-corrected chi connectivity index (χ3v) is 6.95. The first-order valence-electron chi connectivity index (χ1n) is 9.29. The van der Waals surface area contributed by atoms with Gasteiger partial charge in [0.15, 0.2) is 0 Å².